The molecule has 0 aliphatic heterocycles. The first-order valence-electron chi connectivity index (χ1n) is 5.88. The summed E-state index contributed by atoms with van der Waals surface area (Å²) in [6, 6.07) is 8.31. The lowest BCUT2D eigenvalue weighted by Crippen LogP contribution is -2.07. The van der Waals surface area contributed by atoms with Gasteiger partial charge in [0.2, 0.25) is 0 Å². The molecule has 0 aromatic heterocycles. The Morgan fingerprint density at radius 2 is 1.81 bits per heavy atom. The highest BCUT2D eigenvalue weighted by molar-refractivity contribution is 6.67. The van der Waals surface area contributed by atoms with Crippen LogP contribution in [-0.4, -0.2) is 5.24 Å². The van der Waals surface area contributed by atoms with Crippen molar-refractivity contribution >= 4 is 28.4 Å². The second-order valence-corrected chi connectivity index (χ2v) is 5.19. The molecule has 0 saturated carbocycles. The molecule has 110 valence electrons. The minimum atomic E-state index is -4.54. The van der Waals surface area contributed by atoms with Gasteiger partial charge in [-0.15, -0.1) is 0 Å². The number of hydrogen-bond acceptors (Lipinski definition) is 1. The highest BCUT2D eigenvalue weighted by atomic mass is 35.5. The fraction of sp³-hybridized carbons (Fsp3) is 0.133. The first-order chi connectivity index (χ1) is 9.71. The first-order valence-corrected chi connectivity index (χ1v) is 6.64. The molecule has 6 heteroatoms. The quantitative estimate of drug-likeness (QED) is 0.643. The Morgan fingerprint density at radius 1 is 1.14 bits per heavy atom. The summed E-state index contributed by atoms with van der Waals surface area (Å²) in [6.07, 6.45) is -4.54. The van der Waals surface area contributed by atoms with Crippen molar-refractivity contribution in [3.05, 3.63) is 58.1 Å². The van der Waals surface area contributed by atoms with E-state index in [0.29, 0.717) is 11.1 Å². The zero-order valence-electron chi connectivity index (χ0n) is 10.8. The minimum Gasteiger partial charge on any atom is -0.276 e. The average molecular weight is 333 g/mol. The molecule has 0 aliphatic rings. The molecule has 21 heavy (non-hydrogen) atoms. The van der Waals surface area contributed by atoms with Crippen molar-refractivity contribution < 1.29 is 18.0 Å². The summed E-state index contributed by atoms with van der Waals surface area (Å²) in [4.78, 5) is 11.2. The van der Waals surface area contributed by atoms with Crippen LogP contribution in [0, 0.1) is 6.92 Å². The van der Waals surface area contributed by atoms with Crippen LogP contribution in [0.15, 0.2) is 36.4 Å². The Balaban J connectivity index is 2.69. The molecule has 0 aliphatic carbocycles. The number of rotatable bonds is 2. The fourth-order valence-corrected chi connectivity index (χ4v) is 2.59. The van der Waals surface area contributed by atoms with Crippen LogP contribution in [0.4, 0.5) is 13.2 Å². The van der Waals surface area contributed by atoms with E-state index >= 15 is 0 Å². The molecule has 0 N–H and O–H groups in total. The van der Waals surface area contributed by atoms with E-state index in [9.17, 15) is 18.0 Å². The number of aryl methyl sites for hydroxylation is 1. The summed E-state index contributed by atoms with van der Waals surface area (Å²) in [6.45, 7) is 1.65. The predicted molar refractivity (Wildman–Crippen MR) is 76.8 cm³/mol. The molecule has 0 saturated heterocycles. The van der Waals surface area contributed by atoms with Gasteiger partial charge in [0.25, 0.3) is 5.24 Å². The molecule has 0 radical (unpaired) electrons. The summed E-state index contributed by atoms with van der Waals surface area (Å²) >= 11 is 11.3. The van der Waals surface area contributed by atoms with Gasteiger partial charge in [-0.2, -0.15) is 13.2 Å². The number of benzene rings is 2. The second-order valence-electron chi connectivity index (χ2n) is 4.47. The highest BCUT2D eigenvalue weighted by Crippen LogP contribution is 2.41. The molecule has 0 atom stereocenters. The molecule has 0 fully saturated rings. The topological polar surface area (TPSA) is 17.1 Å². The molecular weight excluding hydrogens is 324 g/mol. The van der Waals surface area contributed by atoms with Crippen LogP contribution in [0.3, 0.4) is 0 Å². The molecule has 0 spiro atoms. The summed E-state index contributed by atoms with van der Waals surface area (Å²) in [5.41, 5.74) is 0.517. The maximum atomic E-state index is 12.9. The van der Waals surface area contributed by atoms with Gasteiger partial charge in [-0.05, 0) is 41.8 Å². The van der Waals surface area contributed by atoms with Crippen LogP contribution in [0.25, 0.3) is 11.1 Å². The Kier molecular flexibility index (Phi) is 4.30. The maximum Gasteiger partial charge on any atom is 0.417 e. The standard InChI is InChI=1S/C15H9Cl2F3O/c1-8-5-6-11(15(18,19)20)13(16)12(8)9-3-2-4-10(7-9)14(17)21/h2-7H,1H3. The van der Waals surface area contributed by atoms with Gasteiger partial charge in [0, 0.05) is 11.1 Å². The number of alkyl halides is 3. The smallest absolute Gasteiger partial charge is 0.276 e. The van der Waals surface area contributed by atoms with Gasteiger partial charge in [0.1, 0.15) is 0 Å². The van der Waals surface area contributed by atoms with E-state index in [1.807, 2.05) is 0 Å². The van der Waals surface area contributed by atoms with Crippen LogP contribution in [0.1, 0.15) is 21.5 Å². The predicted octanol–water partition coefficient (Wildman–Crippen LogP) is 5.71. The third kappa shape index (κ3) is 3.22. The molecule has 1 nitrogen and oxygen atoms in total. The second kappa shape index (κ2) is 5.70. The van der Waals surface area contributed by atoms with Gasteiger partial charge in [0.15, 0.2) is 0 Å². The van der Waals surface area contributed by atoms with Gasteiger partial charge in [0.05, 0.1) is 10.6 Å². The molecule has 0 heterocycles. The van der Waals surface area contributed by atoms with Crippen molar-refractivity contribution in [1.29, 1.82) is 0 Å². The summed E-state index contributed by atoms with van der Waals surface area (Å²) < 4.78 is 38.8. The normalized spacial score (nSPS) is 11.5. The Morgan fingerprint density at radius 3 is 2.38 bits per heavy atom. The van der Waals surface area contributed by atoms with Crippen molar-refractivity contribution in [2.75, 3.05) is 0 Å². The van der Waals surface area contributed by atoms with Gasteiger partial charge in [-0.3, -0.25) is 4.79 Å². The van der Waals surface area contributed by atoms with Gasteiger partial charge in [-0.25, -0.2) is 0 Å². The van der Waals surface area contributed by atoms with E-state index in [1.165, 1.54) is 18.2 Å². The Labute approximate surface area is 129 Å². The zero-order valence-corrected chi connectivity index (χ0v) is 12.3. The SMILES string of the molecule is Cc1ccc(C(F)(F)F)c(Cl)c1-c1cccc(C(=O)Cl)c1. The number of carbonyl (C=O) groups excluding carboxylic acids is 1. The maximum absolute atomic E-state index is 12.9. The molecule has 0 bridgehead atoms. The minimum absolute atomic E-state index is 0.196. The third-order valence-corrected chi connectivity index (χ3v) is 3.64. The molecule has 2 rings (SSSR count). The zero-order chi connectivity index (χ0) is 15.8. The van der Waals surface area contributed by atoms with Crippen molar-refractivity contribution in [2.45, 2.75) is 13.1 Å². The monoisotopic (exact) mass is 332 g/mol. The molecule has 2 aromatic carbocycles. The molecule has 0 unspecified atom stereocenters. The van der Waals surface area contributed by atoms with Gasteiger partial charge >= 0.3 is 6.18 Å². The lowest BCUT2D eigenvalue weighted by Gasteiger charge is -2.15. The van der Waals surface area contributed by atoms with E-state index in [4.69, 9.17) is 23.2 Å². The van der Waals surface area contributed by atoms with E-state index < -0.39 is 17.0 Å². The number of hydrogen-bond donors (Lipinski definition) is 0. The molecular formula is C15H9Cl2F3O. The van der Waals surface area contributed by atoms with Crippen LogP contribution >= 0.6 is 23.2 Å². The van der Waals surface area contributed by atoms with Crippen molar-refractivity contribution in [3.63, 3.8) is 0 Å². The lowest BCUT2D eigenvalue weighted by molar-refractivity contribution is -0.137. The van der Waals surface area contributed by atoms with Crippen molar-refractivity contribution in [1.82, 2.24) is 0 Å². The van der Waals surface area contributed by atoms with Crippen LogP contribution in [-0.2, 0) is 6.18 Å². The van der Waals surface area contributed by atoms with E-state index in [0.717, 1.165) is 6.07 Å². The third-order valence-electron chi connectivity index (χ3n) is 3.03. The largest absolute Gasteiger partial charge is 0.417 e. The van der Waals surface area contributed by atoms with Gasteiger partial charge < -0.3 is 0 Å². The van der Waals surface area contributed by atoms with E-state index in [-0.39, 0.29) is 16.1 Å². The molecule has 2 aromatic rings. The lowest BCUT2D eigenvalue weighted by atomic mass is 9.96. The van der Waals surface area contributed by atoms with Crippen molar-refractivity contribution in [2.24, 2.45) is 0 Å². The van der Waals surface area contributed by atoms with Crippen LogP contribution in [0.2, 0.25) is 5.02 Å². The Hall–Kier alpha value is -1.52. The van der Waals surface area contributed by atoms with Gasteiger partial charge in [-0.1, -0.05) is 35.9 Å². The summed E-state index contributed by atoms with van der Waals surface area (Å²) in [5, 5.41) is -1.07. The Bertz CT molecular complexity index is 709. The van der Waals surface area contributed by atoms with E-state index in [2.05, 4.69) is 0 Å². The number of carbonyl (C=O) groups is 1. The van der Waals surface area contributed by atoms with Crippen molar-refractivity contribution in [3.8, 4) is 11.1 Å². The van der Waals surface area contributed by atoms with E-state index in [1.54, 1.807) is 19.1 Å². The average Bonchev–Trinajstić information content (AvgIpc) is 2.37. The highest BCUT2D eigenvalue weighted by Gasteiger charge is 2.34. The van der Waals surface area contributed by atoms with Crippen LogP contribution < -0.4 is 0 Å². The fourth-order valence-electron chi connectivity index (χ4n) is 2.04. The summed E-state index contributed by atoms with van der Waals surface area (Å²) in [7, 11) is 0. The summed E-state index contributed by atoms with van der Waals surface area (Å²) in [5.74, 6) is 0. The molecule has 0 amide bonds. The first kappa shape index (κ1) is 15.9. The van der Waals surface area contributed by atoms with Crippen LogP contribution in [0.5, 0.6) is 0 Å². The number of halogens is 5.